The van der Waals surface area contributed by atoms with Gasteiger partial charge in [-0.05, 0) is 36.1 Å². The van der Waals surface area contributed by atoms with E-state index in [4.69, 9.17) is 5.73 Å². The number of nitrogens with two attached hydrogens (primary N) is 1. The van der Waals surface area contributed by atoms with Crippen LogP contribution < -0.4 is 11.1 Å². The molecule has 1 amide bonds. The summed E-state index contributed by atoms with van der Waals surface area (Å²) in [4.78, 5) is 18.6. The van der Waals surface area contributed by atoms with Gasteiger partial charge in [-0.1, -0.05) is 42.5 Å². The summed E-state index contributed by atoms with van der Waals surface area (Å²) in [6.45, 7) is 1.76. The average molecular weight is 365 g/mol. The van der Waals surface area contributed by atoms with Crippen LogP contribution in [0.2, 0.25) is 0 Å². The normalized spacial score (nSPS) is 14.1. The van der Waals surface area contributed by atoms with E-state index >= 15 is 0 Å². The third kappa shape index (κ3) is 4.51. The van der Waals surface area contributed by atoms with Gasteiger partial charge in [-0.15, -0.1) is 0 Å². The number of aromatic nitrogens is 2. The van der Waals surface area contributed by atoms with Crippen LogP contribution >= 0.6 is 0 Å². The fourth-order valence-corrected chi connectivity index (χ4v) is 3.23. The van der Waals surface area contributed by atoms with Gasteiger partial charge in [0.05, 0.1) is 24.7 Å². The number of aliphatic imine (C=N–C) groups is 1. The number of rotatable bonds is 7. The Balaban J connectivity index is 1.78. The van der Waals surface area contributed by atoms with E-state index in [2.05, 4.69) is 45.6 Å². The van der Waals surface area contributed by atoms with E-state index < -0.39 is 6.10 Å². The second-order valence-corrected chi connectivity index (χ2v) is 6.42. The molecular formula is C20H23N5O2. The van der Waals surface area contributed by atoms with Gasteiger partial charge < -0.3 is 15.4 Å². The molecular weight excluding hydrogens is 342 g/mol. The maximum absolute atomic E-state index is 10.4. The number of fused-ring (bicyclic) bond motifs is 1. The van der Waals surface area contributed by atoms with Gasteiger partial charge >= 0.3 is 0 Å². The van der Waals surface area contributed by atoms with Crippen LogP contribution in [0.4, 0.5) is 5.82 Å². The lowest BCUT2D eigenvalue weighted by atomic mass is 9.97. The number of carbonyl (C=O) groups excluding carboxylic acids is 1. The first-order chi connectivity index (χ1) is 13.1. The molecule has 4 N–H and O–H groups in total. The molecule has 1 aromatic heterocycles. The summed E-state index contributed by atoms with van der Waals surface area (Å²) < 4.78 is 1.84. The Hall–Kier alpha value is -3.19. The van der Waals surface area contributed by atoms with Crippen molar-refractivity contribution in [2.24, 2.45) is 10.7 Å². The summed E-state index contributed by atoms with van der Waals surface area (Å²) in [6.07, 6.45) is 4.79. The Morgan fingerprint density at radius 2 is 2.11 bits per heavy atom. The van der Waals surface area contributed by atoms with Gasteiger partial charge in [0.25, 0.3) is 0 Å². The van der Waals surface area contributed by atoms with Crippen molar-refractivity contribution in [2.45, 2.75) is 31.9 Å². The Bertz CT molecular complexity index is 943. The first kappa shape index (κ1) is 18.6. The first-order valence-electron chi connectivity index (χ1n) is 8.81. The smallest absolute Gasteiger partial charge is 0.213 e. The van der Waals surface area contributed by atoms with Crippen LogP contribution in [0.25, 0.3) is 10.8 Å². The molecule has 0 spiro atoms. The third-order valence-corrected chi connectivity index (χ3v) is 4.56. The second kappa shape index (κ2) is 8.46. The molecule has 0 fully saturated rings. The number of aryl methyl sites for hydroxylation is 1. The number of guanidine groups is 1. The number of aliphatic hydroxyl groups excluding tert-OH is 1. The van der Waals surface area contributed by atoms with Gasteiger partial charge in [0, 0.05) is 0 Å². The molecule has 3 aromatic rings. The monoisotopic (exact) mass is 365 g/mol. The Labute approximate surface area is 157 Å². The number of benzene rings is 2. The minimum absolute atomic E-state index is 0.0281. The Kier molecular flexibility index (Phi) is 5.83. The van der Waals surface area contributed by atoms with Crippen molar-refractivity contribution >= 4 is 29.0 Å². The molecule has 0 aliphatic rings. The number of amides is 1. The van der Waals surface area contributed by atoms with Gasteiger partial charge in [-0.3, -0.25) is 10.1 Å². The lowest BCUT2D eigenvalue weighted by Gasteiger charge is -2.21. The fraction of sp³-hybridized carbons (Fsp3) is 0.250. The van der Waals surface area contributed by atoms with Gasteiger partial charge in [0.15, 0.2) is 5.82 Å². The Morgan fingerprint density at radius 3 is 2.89 bits per heavy atom. The molecule has 140 valence electrons. The largest absolute Gasteiger partial charge is 0.391 e. The summed E-state index contributed by atoms with van der Waals surface area (Å²) >= 11 is 0. The highest BCUT2D eigenvalue weighted by Gasteiger charge is 2.18. The molecule has 0 radical (unpaired) electrons. The van der Waals surface area contributed by atoms with Crippen molar-refractivity contribution < 1.29 is 9.90 Å². The molecule has 0 bridgehead atoms. The Morgan fingerprint density at radius 1 is 1.33 bits per heavy atom. The summed E-state index contributed by atoms with van der Waals surface area (Å²) in [6, 6.07) is 14.4. The maximum Gasteiger partial charge on any atom is 0.213 e. The minimum Gasteiger partial charge on any atom is -0.391 e. The minimum atomic E-state index is -0.559. The highest BCUT2D eigenvalue weighted by molar-refractivity contribution is 5.88. The number of carbonyl (C=O) groups is 1. The predicted octanol–water partition coefficient (Wildman–Crippen LogP) is 2.28. The summed E-state index contributed by atoms with van der Waals surface area (Å²) in [7, 11) is 0. The summed E-state index contributed by atoms with van der Waals surface area (Å²) in [5, 5.41) is 15.0. The van der Waals surface area contributed by atoms with Crippen LogP contribution in [0.3, 0.4) is 0 Å². The lowest BCUT2D eigenvalue weighted by Crippen LogP contribution is -2.29. The first-order valence-corrected chi connectivity index (χ1v) is 8.81. The van der Waals surface area contributed by atoms with Gasteiger partial charge in [-0.2, -0.15) is 4.99 Å². The number of imidazole rings is 1. The van der Waals surface area contributed by atoms with Crippen molar-refractivity contribution in [3.63, 3.8) is 0 Å². The van der Waals surface area contributed by atoms with E-state index in [9.17, 15) is 9.90 Å². The average Bonchev–Trinajstić information content (AvgIpc) is 3.10. The molecule has 7 heteroatoms. The zero-order valence-corrected chi connectivity index (χ0v) is 15.1. The van der Waals surface area contributed by atoms with Gasteiger partial charge in [0.2, 0.25) is 12.4 Å². The molecule has 27 heavy (non-hydrogen) atoms. The molecule has 7 nitrogen and oxygen atoms in total. The molecule has 0 aliphatic heterocycles. The van der Waals surface area contributed by atoms with Gasteiger partial charge in [-0.25, -0.2) is 4.98 Å². The molecule has 2 aromatic carbocycles. The van der Waals surface area contributed by atoms with Crippen molar-refractivity contribution in [1.82, 2.24) is 14.9 Å². The van der Waals surface area contributed by atoms with Crippen LogP contribution in [-0.4, -0.2) is 33.1 Å². The standard InChI is InChI=1S/C20H23N5O2/c1-14(27)18(25-11-19(22-12-25)24-20(21)23-13-26)10-9-16-7-4-6-15-5-2-3-8-17(15)16/h2-8,11-14,18,27H,9-10H2,1H3,(H3,21,23,24,26)/t14-,18+/m0/s1. The van der Waals surface area contributed by atoms with Crippen molar-refractivity contribution in [3.8, 4) is 0 Å². The highest BCUT2D eigenvalue weighted by atomic mass is 16.3. The SMILES string of the molecule is C[C@H](O)[C@@H](CCc1cccc2ccccc12)n1cnc(N=C(N)NC=O)c1. The molecule has 2 atom stereocenters. The zero-order chi connectivity index (χ0) is 19.2. The summed E-state index contributed by atoms with van der Waals surface area (Å²) in [5.74, 6) is 0.345. The molecule has 1 heterocycles. The van der Waals surface area contributed by atoms with Crippen molar-refractivity contribution in [3.05, 3.63) is 60.6 Å². The van der Waals surface area contributed by atoms with Gasteiger partial charge in [0.1, 0.15) is 0 Å². The number of hydrogen-bond acceptors (Lipinski definition) is 4. The topological polar surface area (TPSA) is 106 Å². The molecule has 3 rings (SSSR count). The van der Waals surface area contributed by atoms with Crippen LogP contribution in [0, 0.1) is 0 Å². The number of nitrogens with zero attached hydrogens (tertiary/aromatic N) is 3. The quantitative estimate of drug-likeness (QED) is 0.339. The molecule has 0 saturated carbocycles. The zero-order valence-electron chi connectivity index (χ0n) is 15.1. The number of hydrogen-bond donors (Lipinski definition) is 3. The van der Waals surface area contributed by atoms with E-state index in [1.54, 1.807) is 19.4 Å². The third-order valence-electron chi connectivity index (χ3n) is 4.56. The second-order valence-electron chi connectivity index (χ2n) is 6.42. The molecule has 0 unspecified atom stereocenters. The van der Waals surface area contributed by atoms with Crippen LogP contribution in [0.15, 0.2) is 60.0 Å². The number of nitrogens with one attached hydrogen (secondary N) is 1. The van der Waals surface area contributed by atoms with E-state index in [-0.39, 0.29) is 12.0 Å². The lowest BCUT2D eigenvalue weighted by molar-refractivity contribution is -0.108. The predicted molar refractivity (Wildman–Crippen MR) is 106 cm³/mol. The van der Waals surface area contributed by atoms with Crippen LogP contribution in [0.5, 0.6) is 0 Å². The van der Waals surface area contributed by atoms with Crippen molar-refractivity contribution in [1.29, 1.82) is 0 Å². The molecule has 0 saturated heterocycles. The van der Waals surface area contributed by atoms with Crippen molar-refractivity contribution in [2.75, 3.05) is 0 Å². The van der Waals surface area contributed by atoms with E-state index in [1.165, 1.54) is 16.3 Å². The van der Waals surface area contributed by atoms with Crippen LogP contribution in [-0.2, 0) is 11.2 Å². The van der Waals surface area contributed by atoms with E-state index in [0.29, 0.717) is 12.2 Å². The maximum atomic E-state index is 10.4. The van der Waals surface area contributed by atoms with E-state index in [0.717, 1.165) is 12.8 Å². The number of aliphatic hydroxyl groups is 1. The summed E-state index contributed by atoms with van der Waals surface area (Å²) in [5.41, 5.74) is 6.80. The highest BCUT2D eigenvalue weighted by Crippen LogP contribution is 2.25. The van der Waals surface area contributed by atoms with E-state index in [1.807, 2.05) is 16.7 Å². The van der Waals surface area contributed by atoms with Crippen LogP contribution in [0.1, 0.15) is 24.9 Å². The molecule has 0 aliphatic carbocycles. The fourth-order valence-electron chi connectivity index (χ4n) is 3.23.